The van der Waals surface area contributed by atoms with Crippen molar-refractivity contribution >= 4 is 6.09 Å². The second-order valence-electron chi connectivity index (χ2n) is 5.79. The molecule has 2 N–H and O–H groups in total. The molecule has 1 saturated carbocycles. The molecule has 0 aliphatic heterocycles. The average Bonchev–Trinajstić information content (AvgIpc) is 2.48. The van der Waals surface area contributed by atoms with E-state index in [1.807, 2.05) is 0 Å². The van der Waals surface area contributed by atoms with Crippen molar-refractivity contribution in [2.24, 2.45) is 11.8 Å². The third-order valence-corrected chi connectivity index (χ3v) is 4.18. The van der Waals surface area contributed by atoms with E-state index < -0.39 is 6.09 Å². The molecule has 1 aliphatic rings. The van der Waals surface area contributed by atoms with Crippen molar-refractivity contribution in [1.29, 1.82) is 0 Å². The number of hydrogen-bond acceptors (Lipinski definition) is 3. The van der Waals surface area contributed by atoms with E-state index in [2.05, 4.69) is 23.7 Å². The van der Waals surface area contributed by atoms with E-state index in [0.717, 1.165) is 38.8 Å². The molecule has 0 unspecified atom stereocenters. The van der Waals surface area contributed by atoms with Crippen molar-refractivity contribution < 1.29 is 15.0 Å². The Balaban J connectivity index is 2.29. The lowest BCUT2D eigenvalue weighted by Crippen LogP contribution is -2.32. The maximum Gasteiger partial charge on any atom is 0.407 e. The van der Waals surface area contributed by atoms with Crippen LogP contribution in [0.5, 0.6) is 0 Å². The number of carbonyl (C=O) groups is 1. The number of nitrogens with zero attached hydrogens (tertiary/aromatic N) is 2. The van der Waals surface area contributed by atoms with Crippen LogP contribution in [0, 0.1) is 23.7 Å². The fraction of sp³-hybridized carbons (Fsp3) is 0.812. The highest BCUT2D eigenvalue weighted by Gasteiger charge is 2.22. The van der Waals surface area contributed by atoms with Gasteiger partial charge < -0.3 is 15.1 Å². The van der Waals surface area contributed by atoms with Crippen LogP contribution in [0.3, 0.4) is 0 Å². The molecule has 1 rings (SSSR count). The Hall–Kier alpha value is -1.25. The number of carboxylic acid groups (broad SMARTS) is 1. The number of hydrogen-bond donors (Lipinski definition) is 2. The van der Waals surface area contributed by atoms with Crippen LogP contribution in [-0.4, -0.2) is 65.9 Å². The van der Waals surface area contributed by atoms with Gasteiger partial charge in [-0.15, -0.1) is 0 Å². The highest BCUT2D eigenvalue weighted by atomic mass is 16.4. The van der Waals surface area contributed by atoms with Crippen molar-refractivity contribution in [3.63, 3.8) is 0 Å². The van der Waals surface area contributed by atoms with Crippen LogP contribution < -0.4 is 0 Å². The lowest BCUT2D eigenvalue weighted by molar-refractivity contribution is 0.142. The first-order valence-electron chi connectivity index (χ1n) is 7.82. The second-order valence-corrected chi connectivity index (χ2v) is 5.79. The zero-order valence-corrected chi connectivity index (χ0v) is 13.2. The van der Waals surface area contributed by atoms with Gasteiger partial charge in [0.15, 0.2) is 0 Å². The highest BCUT2D eigenvalue weighted by Crippen LogP contribution is 2.28. The van der Waals surface area contributed by atoms with Gasteiger partial charge in [0, 0.05) is 26.1 Å². The lowest BCUT2D eigenvalue weighted by Gasteiger charge is -2.28. The van der Waals surface area contributed by atoms with Gasteiger partial charge in [0.2, 0.25) is 0 Å². The third-order valence-electron chi connectivity index (χ3n) is 4.18. The molecule has 5 nitrogen and oxygen atoms in total. The molecule has 0 bridgehead atoms. The maximum atomic E-state index is 10.8. The maximum absolute atomic E-state index is 10.8. The summed E-state index contributed by atoms with van der Waals surface area (Å²) in [7, 11) is 1.63. The molecule has 0 spiro atoms. The van der Waals surface area contributed by atoms with E-state index in [1.54, 1.807) is 7.05 Å². The summed E-state index contributed by atoms with van der Waals surface area (Å²) in [6.07, 6.45) is 3.41. The van der Waals surface area contributed by atoms with E-state index in [1.165, 1.54) is 4.90 Å². The summed E-state index contributed by atoms with van der Waals surface area (Å²) in [5.41, 5.74) is 0. The van der Waals surface area contributed by atoms with Gasteiger partial charge in [-0.25, -0.2) is 4.79 Å². The molecule has 1 fully saturated rings. The fourth-order valence-corrected chi connectivity index (χ4v) is 2.75. The van der Waals surface area contributed by atoms with E-state index in [-0.39, 0.29) is 6.61 Å². The van der Waals surface area contributed by atoms with Gasteiger partial charge in [0.25, 0.3) is 0 Å². The van der Waals surface area contributed by atoms with Crippen LogP contribution in [0.4, 0.5) is 4.79 Å². The van der Waals surface area contributed by atoms with Crippen molar-refractivity contribution in [2.45, 2.75) is 32.6 Å². The molecule has 1 aliphatic carbocycles. The van der Waals surface area contributed by atoms with Gasteiger partial charge in [0.05, 0.1) is 13.2 Å². The lowest BCUT2D eigenvalue weighted by atomic mass is 9.82. The first-order valence-corrected chi connectivity index (χ1v) is 7.82. The monoisotopic (exact) mass is 296 g/mol. The molecule has 0 radical (unpaired) electrons. The first-order chi connectivity index (χ1) is 10.1. The Morgan fingerprint density at radius 2 is 1.95 bits per heavy atom. The van der Waals surface area contributed by atoms with E-state index in [4.69, 9.17) is 10.2 Å². The van der Waals surface area contributed by atoms with Crippen LogP contribution in [0.15, 0.2) is 0 Å². The highest BCUT2D eigenvalue weighted by molar-refractivity contribution is 5.64. The average molecular weight is 296 g/mol. The van der Waals surface area contributed by atoms with E-state index >= 15 is 0 Å². The summed E-state index contributed by atoms with van der Waals surface area (Å²) < 4.78 is 0. The largest absolute Gasteiger partial charge is 0.465 e. The van der Waals surface area contributed by atoms with Crippen LogP contribution in [0.25, 0.3) is 0 Å². The summed E-state index contributed by atoms with van der Waals surface area (Å²) >= 11 is 0. The molecular formula is C16H28N2O3. The predicted octanol–water partition coefficient (Wildman–Crippen LogP) is 1.72. The van der Waals surface area contributed by atoms with Crippen molar-refractivity contribution in [3.05, 3.63) is 0 Å². The van der Waals surface area contributed by atoms with Crippen molar-refractivity contribution in [2.75, 3.05) is 39.8 Å². The topological polar surface area (TPSA) is 64.0 Å². The molecule has 5 heteroatoms. The fourth-order valence-electron chi connectivity index (χ4n) is 2.75. The second kappa shape index (κ2) is 9.64. The molecule has 0 atom stereocenters. The summed E-state index contributed by atoms with van der Waals surface area (Å²) in [6, 6.07) is 0. The molecule has 0 heterocycles. The minimum absolute atomic E-state index is 0.178. The van der Waals surface area contributed by atoms with Crippen LogP contribution in [0.1, 0.15) is 32.6 Å². The molecular weight excluding hydrogens is 268 g/mol. The molecule has 0 aromatic rings. The summed E-state index contributed by atoms with van der Waals surface area (Å²) in [5.74, 6) is 7.49. The summed E-state index contributed by atoms with van der Waals surface area (Å²) in [5, 5.41) is 17.8. The smallest absolute Gasteiger partial charge is 0.407 e. The summed E-state index contributed by atoms with van der Waals surface area (Å²) in [6.45, 7) is 5.19. The number of aliphatic hydroxyl groups is 1. The number of rotatable bonds is 6. The molecule has 21 heavy (non-hydrogen) atoms. The Morgan fingerprint density at radius 1 is 1.29 bits per heavy atom. The zero-order valence-electron chi connectivity index (χ0n) is 13.2. The zero-order chi connectivity index (χ0) is 15.7. The van der Waals surface area contributed by atoms with Crippen LogP contribution >= 0.6 is 0 Å². The Labute approximate surface area is 127 Å². The first kappa shape index (κ1) is 17.8. The number of likely N-dealkylation sites (N-methyl/N-ethyl adjacent to an activating group) is 1. The van der Waals surface area contributed by atoms with Gasteiger partial charge in [0.1, 0.15) is 0 Å². The SMILES string of the molecule is CCN(CC#CC1CCC(CN(C)C(=O)O)CC1)CCO. The van der Waals surface area contributed by atoms with E-state index in [0.29, 0.717) is 24.9 Å². The molecule has 0 saturated heterocycles. The van der Waals surface area contributed by atoms with Crippen molar-refractivity contribution in [1.82, 2.24) is 9.80 Å². The third kappa shape index (κ3) is 6.83. The van der Waals surface area contributed by atoms with Gasteiger partial charge >= 0.3 is 6.09 Å². The Morgan fingerprint density at radius 3 is 2.48 bits per heavy atom. The molecule has 1 amide bonds. The minimum atomic E-state index is -0.847. The quantitative estimate of drug-likeness (QED) is 0.733. The van der Waals surface area contributed by atoms with Crippen LogP contribution in [-0.2, 0) is 0 Å². The molecule has 0 aromatic carbocycles. The number of amides is 1. The Bertz CT molecular complexity index is 367. The van der Waals surface area contributed by atoms with Gasteiger partial charge in [-0.05, 0) is 38.1 Å². The standard InChI is InChI=1S/C16H28N2O3/c1-3-18(11-12-19)10-4-5-14-6-8-15(9-7-14)13-17(2)16(20)21/h14-15,19H,3,6-13H2,1-2H3,(H,20,21). The molecule has 0 aromatic heterocycles. The molecule has 120 valence electrons. The Kier molecular flexibility index (Phi) is 8.17. The van der Waals surface area contributed by atoms with Gasteiger partial charge in [-0.1, -0.05) is 18.8 Å². The normalized spacial score (nSPS) is 21.7. The predicted molar refractivity (Wildman–Crippen MR) is 83.1 cm³/mol. The summed E-state index contributed by atoms with van der Waals surface area (Å²) in [4.78, 5) is 14.3. The van der Waals surface area contributed by atoms with Gasteiger partial charge in [-0.3, -0.25) is 4.90 Å². The minimum Gasteiger partial charge on any atom is -0.465 e. The van der Waals surface area contributed by atoms with Crippen molar-refractivity contribution in [3.8, 4) is 11.8 Å². The van der Waals surface area contributed by atoms with E-state index in [9.17, 15) is 4.79 Å². The van der Waals surface area contributed by atoms with Gasteiger partial charge in [-0.2, -0.15) is 0 Å². The van der Waals surface area contributed by atoms with Crippen LogP contribution in [0.2, 0.25) is 0 Å². The number of aliphatic hydroxyl groups excluding tert-OH is 1.